The summed E-state index contributed by atoms with van der Waals surface area (Å²) in [5.41, 5.74) is 9.91. The van der Waals surface area contributed by atoms with Crippen LogP contribution in [0.5, 0.6) is 5.75 Å². The molecule has 1 unspecified atom stereocenters. The van der Waals surface area contributed by atoms with Gasteiger partial charge in [-0.1, -0.05) is 28.1 Å². The van der Waals surface area contributed by atoms with Gasteiger partial charge in [-0.15, -0.1) is 0 Å². The number of hydrogen-bond donors (Lipinski definition) is 1. The SMILES string of the molecule is NC(c1ccc2c(c1)CCO2)c1cc(I)ccc1Br. The maximum Gasteiger partial charge on any atom is 0.122 e. The van der Waals surface area contributed by atoms with E-state index in [1.807, 2.05) is 12.1 Å². The summed E-state index contributed by atoms with van der Waals surface area (Å²) in [6, 6.07) is 12.4. The molecule has 2 nitrogen and oxygen atoms in total. The van der Waals surface area contributed by atoms with E-state index in [2.05, 4.69) is 62.8 Å². The van der Waals surface area contributed by atoms with Crippen LogP contribution in [0, 0.1) is 3.57 Å². The molecule has 2 aromatic rings. The normalized spacial score (nSPS) is 14.9. The zero-order valence-electron chi connectivity index (χ0n) is 10.2. The van der Waals surface area contributed by atoms with Gasteiger partial charge in [0.25, 0.3) is 0 Å². The van der Waals surface area contributed by atoms with Crippen LogP contribution in [-0.4, -0.2) is 6.61 Å². The number of ether oxygens (including phenoxy) is 1. The number of fused-ring (bicyclic) bond motifs is 1. The van der Waals surface area contributed by atoms with Crippen LogP contribution in [0.15, 0.2) is 40.9 Å². The highest BCUT2D eigenvalue weighted by Gasteiger charge is 2.17. The first-order valence-electron chi connectivity index (χ1n) is 6.11. The Hall–Kier alpha value is -0.590. The Kier molecular flexibility index (Phi) is 3.82. The molecule has 0 amide bonds. The van der Waals surface area contributed by atoms with Gasteiger partial charge in [-0.2, -0.15) is 0 Å². The predicted octanol–water partition coefficient (Wildman–Crippen LogP) is 4.04. The second-order valence-electron chi connectivity index (χ2n) is 4.61. The van der Waals surface area contributed by atoms with Gasteiger partial charge >= 0.3 is 0 Å². The Morgan fingerprint density at radius 3 is 2.89 bits per heavy atom. The Bertz CT molecular complexity index is 630. The Balaban J connectivity index is 1.99. The van der Waals surface area contributed by atoms with Crippen LogP contribution in [0.2, 0.25) is 0 Å². The van der Waals surface area contributed by atoms with Crippen LogP contribution >= 0.6 is 38.5 Å². The minimum Gasteiger partial charge on any atom is -0.493 e. The molecule has 0 saturated carbocycles. The Morgan fingerprint density at radius 1 is 1.21 bits per heavy atom. The number of benzene rings is 2. The van der Waals surface area contributed by atoms with Crippen LogP contribution in [0.4, 0.5) is 0 Å². The second kappa shape index (κ2) is 5.42. The van der Waals surface area contributed by atoms with Crippen molar-refractivity contribution in [3.8, 4) is 5.75 Å². The average Bonchev–Trinajstić information content (AvgIpc) is 2.88. The number of nitrogens with two attached hydrogens (primary N) is 1. The molecule has 1 aliphatic heterocycles. The molecule has 19 heavy (non-hydrogen) atoms. The molecule has 1 heterocycles. The van der Waals surface area contributed by atoms with Crippen LogP contribution in [-0.2, 0) is 6.42 Å². The van der Waals surface area contributed by atoms with Gasteiger partial charge in [0, 0.05) is 14.5 Å². The first kappa shape index (κ1) is 13.4. The van der Waals surface area contributed by atoms with Crippen molar-refractivity contribution in [3.05, 3.63) is 61.1 Å². The fourth-order valence-corrected chi connectivity index (χ4v) is 3.34. The van der Waals surface area contributed by atoms with Crippen molar-refractivity contribution in [2.75, 3.05) is 6.61 Å². The van der Waals surface area contributed by atoms with Gasteiger partial charge < -0.3 is 10.5 Å². The molecule has 4 heteroatoms. The van der Waals surface area contributed by atoms with Gasteiger partial charge in [0.2, 0.25) is 0 Å². The van der Waals surface area contributed by atoms with E-state index >= 15 is 0 Å². The third-order valence-corrected chi connectivity index (χ3v) is 4.76. The lowest BCUT2D eigenvalue weighted by molar-refractivity contribution is 0.357. The lowest BCUT2D eigenvalue weighted by atomic mass is 9.97. The fraction of sp³-hybridized carbons (Fsp3) is 0.200. The minimum atomic E-state index is -0.116. The van der Waals surface area contributed by atoms with E-state index in [0.717, 1.165) is 34.4 Å². The fourth-order valence-electron chi connectivity index (χ4n) is 2.33. The van der Waals surface area contributed by atoms with Crippen molar-refractivity contribution >= 4 is 38.5 Å². The van der Waals surface area contributed by atoms with Crippen molar-refractivity contribution in [2.45, 2.75) is 12.5 Å². The summed E-state index contributed by atoms with van der Waals surface area (Å²) in [4.78, 5) is 0. The monoisotopic (exact) mass is 429 g/mol. The molecule has 2 aromatic carbocycles. The summed E-state index contributed by atoms with van der Waals surface area (Å²) >= 11 is 5.89. The molecule has 0 bridgehead atoms. The van der Waals surface area contributed by atoms with Gasteiger partial charge in [0.05, 0.1) is 12.6 Å². The van der Waals surface area contributed by atoms with Gasteiger partial charge in [0.15, 0.2) is 0 Å². The van der Waals surface area contributed by atoms with Gasteiger partial charge in [-0.25, -0.2) is 0 Å². The maximum atomic E-state index is 6.41. The first-order chi connectivity index (χ1) is 9.15. The van der Waals surface area contributed by atoms with E-state index in [1.54, 1.807) is 0 Å². The Morgan fingerprint density at radius 2 is 2.05 bits per heavy atom. The van der Waals surface area contributed by atoms with Crippen molar-refractivity contribution < 1.29 is 4.74 Å². The van der Waals surface area contributed by atoms with E-state index in [9.17, 15) is 0 Å². The summed E-state index contributed by atoms with van der Waals surface area (Å²) in [5, 5.41) is 0. The largest absolute Gasteiger partial charge is 0.493 e. The van der Waals surface area contributed by atoms with Crippen LogP contribution < -0.4 is 10.5 Å². The van der Waals surface area contributed by atoms with E-state index in [4.69, 9.17) is 10.5 Å². The molecule has 0 aliphatic carbocycles. The Labute approximate surface area is 134 Å². The van der Waals surface area contributed by atoms with Gasteiger partial charge in [0.1, 0.15) is 5.75 Å². The smallest absolute Gasteiger partial charge is 0.122 e. The number of halogens is 2. The highest BCUT2D eigenvalue weighted by molar-refractivity contribution is 14.1. The molecule has 2 N–H and O–H groups in total. The zero-order chi connectivity index (χ0) is 13.4. The number of hydrogen-bond acceptors (Lipinski definition) is 2. The molecule has 1 aliphatic rings. The summed E-state index contributed by atoms with van der Waals surface area (Å²) in [6.45, 7) is 0.779. The maximum absolute atomic E-state index is 6.41. The number of rotatable bonds is 2. The quantitative estimate of drug-likeness (QED) is 0.731. The first-order valence-corrected chi connectivity index (χ1v) is 7.98. The zero-order valence-corrected chi connectivity index (χ0v) is 13.9. The third kappa shape index (κ3) is 2.66. The molecule has 0 radical (unpaired) electrons. The summed E-state index contributed by atoms with van der Waals surface area (Å²) in [5.74, 6) is 0.998. The van der Waals surface area contributed by atoms with Crippen LogP contribution in [0.1, 0.15) is 22.7 Å². The molecule has 1 atom stereocenters. The van der Waals surface area contributed by atoms with Crippen molar-refractivity contribution in [2.24, 2.45) is 5.73 Å². The van der Waals surface area contributed by atoms with E-state index in [1.165, 1.54) is 9.13 Å². The van der Waals surface area contributed by atoms with Crippen molar-refractivity contribution in [1.29, 1.82) is 0 Å². The lowest BCUT2D eigenvalue weighted by Gasteiger charge is -2.15. The lowest BCUT2D eigenvalue weighted by Crippen LogP contribution is -2.13. The molecular weight excluding hydrogens is 417 g/mol. The standard InChI is InChI=1S/C15H13BrINO/c16-13-3-2-11(17)8-12(13)15(18)10-1-4-14-9(7-10)5-6-19-14/h1-4,7-8,15H,5-6,18H2. The van der Waals surface area contributed by atoms with E-state index < -0.39 is 0 Å². The summed E-state index contributed by atoms with van der Waals surface area (Å²) in [6.07, 6.45) is 0.976. The molecule has 0 saturated heterocycles. The van der Waals surface area contributed by atoms with Crippen molar-refractivity contribution in [1.82, 2.24) is 0 Å². The van der Waals surface area contributed by atoms with E-state index in [-0.39, 0.29) is 6.04 Å². The van der Waals surface area contributed by atoms with E-state index in [0.29, 0.717) is 0 Å². The summed E-state index contributed by atoms with van der Waals surface area (Å²) < 4.78 is 7.77. The highest BCUT2D eigenvalue weighted by Crippen LogP contribution is 2.32. The van der Waals surface area contributed by atoms with Crippen molar-refractivity contribution in [3.63, 3.8) is 0 Å². The van der Waals surface area contributed by atoms with Crippen LogP contribution in [0.25, 0.3) is 0 Å². The van der Waals surface area contributed by atoms with Crippen LogP contribution in [0.3, 0.4) is 0 Å². The average molecular weight is 430 g/mol. The molecule has 3 rings (SSSR count). The summed E-state index contributed by atoms with van der Waals surface area (Å²) in [7, 11) is 0. The predicted molar refractivity (Wildman–Crippen MR) is 88.5 cm³/mol. The highest BCUT2D eigenvalue weighted by atomic mass is 127. The third-order valence-electron chi connectivity index (χ3n) is 3.37. The molecule has 98 valence electrons. The minimum absolute atomic E-state index is 0.116. The topological polar surface area (TPSA) is 35.2 Å². The molecule has 0 spiro atoms. The molecule has 0 fully saturated rings. The van der Waals surface area contributed by atoms with Gasteiger partial charge in [-0.05, 0) is 63.5 Å². The molecular formula is C15H13BrINO. The molecule has 0 aromatic heterocycles. The van der Waals surface area contributed by atoms with Gasteiger partial charge in [-0.3, -0.25) is 0 Å². The second-order valence-corrected chi connectivity index (χ2v) is 6.71.